The largest absolute Gasteiger partial charge is 0.340 e. The van der Waals surface area contributed by atoms with Crippen LogP contribution in [-0.4, -0.2) is 40.4 Å². The number of likely N-dealkylation sites (N-methyl/N-ethyl adjacent to an activating group) is 1. The molecule has 4 rings (SSSR count). The Hall–Kier alpha value is -2.29. The average Bonchev–Trinajstić information content (AvgIpc) is 3.22. The van der Waals surface area contributed by atoms with Crippen molar-refractivity contribution < 1.29 is 9.18 Å². The molecule has 2 aromatic heterocycles. The Morgan fingerprint density at radius 3 is 2.92 bits per heavy atom. The molecule has 0 saturated carbocycles. The molecule has 2 atom stereocenters. The number of nitrogens with one attached hydrogen (secondary N) is 2. The number of thiazole rings is 1. The number of pyridine rings is 1. The molecule has 0 aliphatic carbocycles. The summed E-state index contributed by atoms with van der Waals surface area (Å²) in [4.78, 5) is 23.5. The van der Waals surface area contributed by atoms with Crippen molar-refractivity contribution in [2.24, 2.45) is 0 Å². The molecule has 3 aromatic rings. The third kappa shape index (κ3) is 3.48. The van der Waals surface area contributed by atoms with Crippen LogP contribution in [0.2, 0.25) is 5.02 Å². The fourth-order valence-corrected chi connectivity index (χ4v) is 3.61. The first-order valence-corrected chi connectivity index (χ1v) is 9.13. The molecule has 1 aromatic carbocycles. The van der Waals surface area contributed by atoms with E-state index in [1.807, 2.05) is 18.0 Å². The number of anilines is 3. The molecule has 2 N–H and O–H groups in total. The van der Waals surface area contributed by atoms with Crippen molar-refractivity contribution in [2.45, 2.75) is 12.7 Å². The SMILES string of the molecule is CN1CC1C(=O)Nc1nc2ccc(Nc3ccc(Cl)cc3CF)nc2s1. The summed E-state index contributed by atoms with van der Waals surface area (Å²) in [5, 5.41) is 6.92. The number of alkyl halides is 1. The average molecular weight is 392 g/mol. The van der Waals surface area contributed by atoms with Crippen LogP contribution in [0, 0.1) is 0 Å². The van der Waals surface area contributed by atoms with E-state index in [9.17, 15) is 9.18 Å². The van der Waals surface area contributed by atoms with Crippen LogP contribution >= 0.6 is 22.9 Å². The van der Waals surface area contributed by atoms with E-state index in [0.29, 0.717) is 37.6 Å². The number of hydrogen-bond donors (Lipinski definition) is 2. The van der Waals surface area contributed by atoms with E-state index >= 15 is 0 Å². The molecular formula is C17H15ClFN5OS. The summed E-state index contributed by atoms with van der Waals surface area (Å²) < 4.78 is 13.2. The smallest absolute Gasteiger partial charge is 0.244 e. The van der Waals surface area contributed by atoms with Gasteiger partial charge in [-0.1, -0.05) is 22.9 Å². The van der Waals surface area contributed by atoms with Gasteiger partial charge < -0.3 is 10.6 Å². The summed E-state index contributed by atoms with van der Waals surface area (Å²) in [6.45, 7) is 0.137. The molecule has 2 unspecified atom stereocenters. The number of amides is 1. The van der Waals surface area contributed by atoms with Gasteiger partial charge in [-0.2, -0.15) is 0 Å². The monoisotopic (exact) mass is 391 g/mol. The van der Waals surface area contributed by atoms with Gasteiger partial charge in [0, 0.05) is 22.8 Å². The zero-order valence-electron chi connectivity index (χ0n) is 13.8. The van der Waals surface area contributed by atoms with Gasteiger partial charge in [0.15, 0.2) is 5.13 Å². The standard InChI is InChI=1S/C17H15ClFN5OS/c1-24-8-13(24)15(25)23-17-21-12-4-5-14(22-16(12)26-17)20-11-3-2-10(18)6-9(11)7-19/h2-6,13H,7-8H2,1H3,(H,20,22)(H,21,23,25). The number of carbonyl (C=O) groups excluding carboxylic acids is 1. The van der Waals surface area contributed by atoms with Crippen LogP contribution in [0.1, 0.15) is 5.56 Å². The second-order valence-corrected chi connectivity index (χ2v) is 7.46. The van der Waals surface area contributed by atoms with E-state index in [4.69, 9.17) is 11.6 Å². The van der Waals surface area contributed by atoms with Gasteiger partial charge in [-0.05, 0) is 37.4 Å². The van der Waals surface area contributed by atoms with Gasteiger partial charge in [0.25, 0.3) is 0 Å². The molecular weight excluding hydrogens is 377 g/mol. The fraction of sp³-hybridized carbons (Fsp3) is 0.235. The topological polar surface area (TPSA) is 69.9 Å². The number of hydrogen-bond acceptors (Lipinski definition) is 6. The lowest BCUT2D eigenvalue weighted by molar-refractivity contribution is -0.116. The van der Waals surface area contributed by atoms with Gasteiger partial charge in [0.05, 0.1) is 0 Å². The molecule has 3 heterocycles. The number of aromatic nitrogens is 2. The Bertz CT molecular complexity index is 994. The van der Waals surface area contributed by atoms with Crippen LogP contribution in [0.25, 0.3) is 10.3 Å². The molecule has 1 aliphatic heterocycles. The summed E-state index contributed by atoms with van der Waals surface area (Å²) in [6.07, 6.45) is 0. The van der Waals surface area contributed by atoms with Crippen molar-refractivity contribution in [2.75, 3.05) is 24.2 Å². The van der Waals surface area contributed by atoms with E-state index in [-0.39, 0.29) is 11.9 Å². The summed E-state index contributed by atoms with van der Waals surface area (Å²) in [5.74, 6) is 0.511. The molecule has 1 saturated heterocycles. The number of halogens is 2. The maximum Gasteiger partial charge on any atom is 0.244 e. The maximum atomic E-state index is 13.2. The van der Waals surface area contributed by atoms with Gasteiger partial charge >= 0.3 is 0 Å². The summed E-state index contributed by atoms with van der Waals surface area (Å²) in [6, 6.07) is 8.49. The Kier molecular flexibility index (Phi) is 4.47. The van der Waals surface area contributed by atoms with Crippen LogP contribution in [-0.2, 0) is 11.5 Å². The van der Waals surface area contributed by atoms with E-state index in [2.05, 4.69) is 20.6 Å². The highest BCUT2D eigenvalue weighted by atomic mass is 35.5. The van der Waals surface area contributed by atoms with Crippen LogP contribution < -0.4 is 10.6 Å². The van der Waals surface area contributed by atoms with Gasteiger partial charge in [0.2, 0.25) is 5.91 Å². The number of carbonyl (C=O) groups is 1. The molecule has 0 bridgehead atoms. The molecule has 0 spiro atoms. The van der Waals surface area contributed by atoms with E-state index < -0.39 is 6.67 Å². The highest BCUT2D eigenvalue weighted by molar-refractivity contribution is 7.22. The normalized spacial score (nSPS) is 18.7. The second kappa shape index (κ2) is 6.79. The van der Waals surface area contributed by atoms with Crippen molar-refractivity contribution in [3.8, 4) is 0 Å². The lowest BCUT2D eigenvalue weighted by Gasteiger charge is -2.09. The molecule has 134 valence electrons. The predicted octanol–water partition coefficient (Wildman–Crippen LogP) is 3.81. The molecule has 26 heavy (non-hydrogen) atoms. The molecule has 0 radical (unpaired) electrons. The molecule has 1 aliphatic rings. The highest BCUT2D eigenvalue weighted by Crippen LogP contribution is 2.29. The summed E-state index contributed by atoms with van der Waals surface area (Å²) >= 11 is 7.20. The summed E-state index contributed by atoms with van der Waals surface area (Å²) in [5.41, 5.74) is 1.77. The van der Waals surface area contributed by atoms with Crippen molar-refractivity contribution in [1.29, 1.82) is 0 Å². The molecule has 6 nitrogen and oxygen atoms in total. The number of rotatable bonds is 5. The Labute approximate surface area is 158 Å². The zero-order chi connectivity index (χ0) is 18.3. The van der Waals surface area contributed by atoms with Crippen LogP contribution in [0.15, 0.2) is 30.3 Å². The van der Waals surface area contributed by atoms with E-state index in [1.54, 1.807) is 24.3 Å². The van der Waals surface area contributed by atoms with Crippen LogP contribution in [0.3, 0.4) is 0 Å². The third-order valence-electron chi connectivity index (χ3n) is 4.12. The molecule has 1 fully saturated rings. The first-order valence-electron chi connectivity index (χ1n) is 7.93. The Morgan fingerprint density at radius 1 is 1.38 bits per heavy atom. The minimum Gasteiger partial charge on any atom is -0.340 e. The lowest BCUT2D eigenvalue weighted by atomic mass is 10.2. The molecule has 1 amide bonds. The maximum absolute atomic E-state index is 13.2. The Morgan fingerprint density at radius 2 is 2.19 bits per heavy atom. The van der Waals surface area contributed by atoms with Gasteiger partial charge in [-0.3, -0.25) is 9.69 Å². The third-order valence-corrected chi connectivity index (χ3v) is 5.24. The predicted molar refractivity (Wildman–Crippen MR) is 102 cm³/mol. The minimum atomic E-state index is -0.627. The van der Waals surface area contributed by atoms with Gasteiger partial charge in [-0.25, -0.2) is 14.4 Å². The van der Waals surface area contributed by atoms with Crippen LogP contribution in [0.5, 0.6) is 0 Å². The van der Waals surface area contributed by atoms with Crippen molar-refractivity contribution in [1.82, 2.24) is 14.9 Å². The number of nitrogens with zero attached hydrogens (tertiary/aromatic N) is 3. The highest BCUT2D eigenvalue weighted by Gasteiger charge is 2.37. The van der Waals surface area contributed by atoms with Crippen molar-refractivity contribution >= 4 is 55.8 Å². The Balaban J connectivity index is 1.55. The lowest BCUT2D eigenvalue weighted by Crippen LogP contribution is -2.20. The first-order chi connectivity index (χ1) is 12.5. The summed E-state index contributed by atoms with van der Waals surface area (Å²) in [7, 11) is 1.89. The quantitative estimate of drug-likeness (QED) is 0.647. The van der Waals surface area contributed by atoms with Crippen molar-refractivity contribution in [3.63, 3.8) is 0 Å². The zero-order valence-corrected chi connectivity index (χ0v) is 15.4. The van der Waals surface area contributed by atoms with Crippen molar-refractivity contribution in [3.05, 3.63) is 40.9 Å². The second-order valence-electron chi connectivity index (χ2n) is 6.04. The minimum absolute atomic E-state index is 0.0568. The van der Waals surface area contributed by atoms with Gasteiger partial charge in [0.1, 0.15) is 28.9 Å². The molecule has 9 heteroatoms. The van der Waals surface area contributed by atoms with E-state index in [1.165, 1.54) is 11.3 Å². The number of benzene rings is 1. The van der Waals surface area contributed by atoms with Gasteiger partial charge in [-0.15, -0.1) is 0 Å². The van der Waals surface area contributed by atoms with E-state index in [0.717, 1.165) is 6.54 Å². The van der Waals surface area contributed by atoms with Crippen LogP contribution in [0.4, 0.5) is 21.0 Å². The number of fused-ring (bicyclic) bond motifs is 1. The first kappa shape index (κ1) is 17.1. The fourth-order valence-electron chi connectivity index (χ4n) is 2.57.